The number of fused-ring (bicyclic) bond motifs is 1. The van der Waals surface area contributed by atoms with Crippen LogP contribution in [0, 0.1) is 0 Å². The molecule has 1 aliphatic heterocycles. The number of amides is 3. The lowest BCUT2D eigenvalue weighted by atomic mass is 10.0. The zero-order chi connectivity index (χ0) is 28.0. The number of carbonyl (C=O) groups excluding carboxylic acids is 3. The van der Waals surface area contributed by atoms with Gasteiger partial charge in [0.15, 0.2) is 11.5 Å². The zero-order valence-electron chi connectivity index (χ0n) is 22.3. The van der Waals surface area contributed by atoms with Gasteiger partial charge in [0.1, 0.15) is 0 Å². The summed E-state index contributed by atoms with van der Waals surface area (Å²) in [6, 6.07) is 10.9. The van der Waals surface area contributed by atoms with E-state index in [1.807, 2.05) is 0 Å². The second kappa shape index (κ2) is 12.8. The number of methoxy groups -OCH3 is 1. The van der Waals surface area contributed by atoms with Gasteiger partial charge < -0.3 is 24.2 Å². The highest BCUT2D eigenvalue weighted by atomic mass is 31.2. The highest BCUT2D eigenvalue weighted by Crippen LogP contribution is 2.42. The molecule has 11 heteroatoms. The molecule has 2 aromatic rings. The number of nitrogens with one attached hydrogen (secondary N) is 1. The van der Waals surface area contributed by atoms with Crippen molar-refractivity contribution in [3.63, 3.8) is 0 Å². The molecule has 0 aromatic heterocycles. The van der Waals surface area contributed by atoms with E-state index in [9.17, 15) is 23.8 Å². The molecule has 0 bridgehead atoms. The molecule has 2 unspecified atom stereocenters. The first-order chi connectivity index (χ1) is 18.7. The second-order valence-electron chi connectivity index (χ2n) is 9.66. The quantitative estimate of drug-likeness (QED) is 0.209. The van der Waals surface area contributed by atoms with Crippen LogP contribution in [0.15, 0.2) is 42.5 Å². The van der Waals surface area contributed by atoms with E-state index in [2.05, 4.69) is 5.32 Å². The Bertz CT molecular complexity index is 1220. The van der Waals surface area contributed by atoms with Crippen LogP contribution in [0.1, 0.15) is 77.8 Å². The Morgan fingerprint density at radius 2 is 1.77 bits per heavy atom. The molecule has 2 aliphatic rings. The van der Waals surface area contributed by atoms with E-state index in [4.69, 9.17) is 14.0 Å². The van der Waals surface area contributed by atoms with E-state index in [0.29, 0.717) is 28.2 Å². The van der Waals surface area contributed by atoms with Gasteiger partial charge in [-0.05, 0) is 68.9 Å². The summed E-state index contributed by atoms with van der Waals surface area (Å²) in [5.41, 5.74) is 1.14. The van der Waals surface area contributed by atoms with Crippen molar-refractivity contribution >= 4 is 25.3 Å². The molecule has 3 amide bonds. The molecule has 0 spiro atoms. The fraction of sp³-hybridized carbons (Fsp3) is 0.464. The number of benzene rings is 2. The highest BCUT2D eigenvalue weighted by molar-refractivity contribution is 7.52. The lowest BCUT2D eigenvalue weighted by molar-refractivity contribution is -0.121. The molecule has 0 radical (unpaired) electrons. The predicted molar refractivity (Wildman–Crippen MR) is 144 cm³/mol. The van der Waals surface area contributed by atoms with Crippen molar-refractivity contribution in [1.29, 1.82) is 0 Å². The van der Waals surface area contributed by atoms with Crippen molar-refractivity contribution in [3.8, 4) is 11.5 Å². The number of nitrogens with zero attached hydrogens (tertiary/aromatic N) is 1. The van der Waals surface area contributed by atoms with Crippen molar-refractivity contribution in [3.05, 3.63) is 59.2 Å². The van der Waals surface area contributed by atoms with Crippen LogP contribution >= 0.6 is 7.60 Å². The van der Waals surface area contributed by atoms with E-state index in [1.165, 1.54) is 0 Å². The Kier molecular flexibility index (Phi) is 9.43. The molecule has 10 nitrogen and oxygen atoms in total. The number of hydrogen-bond acceptors (Lipinski definition) is 7. The number of ether oxygens (including phenoxy) is 2. The molecule has 210 valence electrons. The fourth-order valence-electron chi connectivity index (χ4n) is 5.05. The number of imide groups is 1. The van der Waals surface area contributed by atoms with Gasteiger partial charge >= 0.3 is 7.60 Å². The molecule has 1 heterocycles. The van der Waals surface area contributed by atoms with E-state index >= 15 is 0 Å². The monoisotopic (exact) mass is 558 g/mol. The largest absolute Gasteiger partial charge is 0.493 e. The zero-order valence-corrected chi connectivity index (χ0v) is 23.2. The molecule has 1 fully saturated rings. The van der Waals surface area contributed by atoms with Crippen molar-refractivity contribution in [1.82, 2.24) is 10.2 Å². The predicted octanol–water partition coefficient (Wildman–Crippen LogP) is 4.47. The summed E-state index contributed by atoms with van der Waals surface area (Å²) < 4.78 is 28.5. The summed E-state index contributed by atoms with van der Waals surface area (Å²) in [5, 5.41) is 2.74. The van der Waals surface area contributed by atoms with E-state index in [1.54, 1.807) is 56.5 Å². The SMILES string of the molecule is CCOP(=O)(O)CCCNC(=O)CC(c1ccc(OC)c(OC2CCCC2)c1)N1C(=O)c2ccccc2C1=O. The maximum atomic E-state index is 13.4. The van der Waals surface area contributed by atoms with Crippen molar-refractivity contribution < 1.29 is 37.8 Å². The fourth-order valence-corrected chi connectivity index (χ4v) is 6.14. The van der Waals surface area contributed by atoms with Crippen LogP contribution in [0.3, 0.4) is 0 Å². The molecular formula is C28H35N2O8P. The number of hydrogen-bond donors (Lipinski definition) is 2. The molecule has 2 atom stereocenters. The van der Waals surface area contributed by atoms with Crippen LogP contribution < -0.4 is 14.8 Å². The molecule has 1 aliphatic carbocycles. The molecular weight excluding hydrogens is 523 g/mol. The van der Waals surface area contributed by atoms with Crippen LogP contribution in [0.4, 0.5) is 0 Å². The van der Waals surface area contributed by atoms with Gasteiger partial charge in [-0.15, -0.1) is 0 Å². The van der Waals surface area contributed by atoms with Gasteiger partial charge in [-0.2, -0.15) is 0 Å². The maximum absolute atomic E-state index is 13.4. The average molecular weight is 559 g/mol. The third-order valence-electron chi connectivity index (χ3n) is 6.95. The highest BCUT2D eigenvalue weighted by Gasteiger charge is 2.41. The van der Waals surface area contributed by atoms with E-state index in [0.717, 1.165) is 30.6 Å². The van der Waals surface area contributed by atoms with Crippen molar-refractivity contribution in [2.75, 3.05) is 26.4 Å². The smallest absolute Gasteiger partial charge is 0.328 e. The van der Waals surface area contributed by atoms with Gasteiger partial charge in [-0.1, -0.05) is 18.2 Å². The summed E-state index contributed by atoms with van der Waals surface area (Å²) in [5.74, 6) is -0.326. The molecule has 39 heavy (non-hydrogen) atoms. The summed E-state index contributed by atoms with van der Waals surface area (Å²) in [6.07, 6.45) is 4.03. The standard InChI is InChI=1S/C28H35N2O8P/c1-3-37-39(34,35)16-8-15-29-26(31)18-23(30-27(32)21-11-6-7-12-22(21)28(30)33)19-13-14-24(36-2)25(17-19)38-20-9-4-5-10-20/h6-7,11-14,17,20,23H,3-5,8-10,15-16,18H2,1-2H3,(H,29,31)(H,34,35). The Morgan fingerprint density at radius 1 is 1.10 bits per heavy atom. The normalized spacial score (nSPS) is 17.6. The van der Waals surface area contributed by atoms with Gasteiger partial charge in [0.2, 0.25) is 5.91 Å². The van der Waals surface area contributed by atoms with Crippen molar-refractivity contribution in [2.45, 2.75) is 57.6 Å². The van der Waals surface area contributed by atoms with Gasteiger partial charge in [0.05, 0.1) is 49.6 Å². The third-order valence-corrected chi connectivity index (χ3v) is 8.50. The lowest BCUT2D eigenvalue weighted by Gasteiger charge is -2.27. The van der Waals surface area contributed by atoms with Crippen LogP contribution in [0.2, 0.25) is 0 Å². The van der Waals surface area contributed by atoms with Gasteiger partial charge in [0, 0.05) is 6.54 Å². The molecule has 1 saturated carbocycles. The van der Waals surface area contributed by atoms with E-state index in [-0.39, 0.29) is 38.3 Å². The topological polar surface area (TPSA) is 131 Å². The second-order valence-corrected chi connectivity index (χ2v) is 11.6. The van der Waals surface area contributed by atoms with Gasteiger partial charge in [-0.3, -0.25) is 23.8 Å². The van der Waals surface area contributed by atoms with Crippen LogP contribution in [-0.2, 0) is 13.9 Å². The minimum absolute atomic E-state index is 0.0504. The van der Waals surface area contributed by atoms with Gasteiger partial charge in [0.25, 0.3) is 11.8 Å². The molecule has 0 saturated heterocycles. The Balaban J connectivity index is 1.57. The first-order valence-corrected chi connectivity index (χ1v) is 15.0. The number of rotatable bonds is 13. The van der Waals surface area contributed by atoms with Gasteiger partial charge in [-0.25, -0.2) is 0 Å². The Hall–Kier alpha value is -3.20. The lowest BCUT2D eigenvalue weighted by Crippen LogP contribution is -2.38. The van der Waals surface area contributed by atoms with Crippen LogP contribution in [0.25, 0.3) is 0 Å². The Labute approximate surface area is 228 Å². The summed E-state index contributed by atoms with van der Waals surface area (Å²) in [4.78, 5) is 50.6. The first kappa shape index (κ1) is 28.8. The number of carbonyl (C=O) groups is 3. The molecule has 4 rings (SSSR count). The summed E-state index contributed by atoms with van der Waals surface area (Å²) >= 11 is 0. The minimum Gasteiger partial charge on any atom is -0.493 e. The first-order valence-electron chi connectivity index (χ1n) is 13.3. The minimum atomic E-state index is -3.70. The van der Waals surface area contributed by atoms with Crippen LogP contribution in [0.5, 0.6) is 11.5 Å². The van der Waals surface area contributed by atoms with E-state index < -0.39 is 31.4 Å². The van der Waals surface area contributed by atoms with Crippen LogP contribution in [-0.4, -0.2) is 60.0 Å². The molecule has 2 N–H and O–H groups in total. The Morgan fingerprint density at radius 3 is 2.38 bits per heavy atom. The molecule has 2 aromatic carbocycles. The summed E-state index contributed by atoms with van der Waals surface area (Å²) in [6.45, 7) is 1.90. The van der Waals surface area contributed by atoms with Crippen molar-refractivity contribution in [2.24, 2.45) is 0 Å². The third kappa shape index (κ3) is 6.87. The maximum Gasteiger partial charge on any atom is 0.328 e. The average Bonchev–Trinajstić information content (AvgIpc) is 3.51. The summed E-state index contributed by atoms with van der Waals surface area (Å²) in [7, 11) is -2.15.